The predicted octanol–water partition coefficient (Wildman–Crippen LogP) is 4.70. The van der Waals surface area contributed by atoms with Gasteiger partial charge in [0.15, 0.2) is 4.77 Å². The summed E-state index contributed by atoms with van der Waals surface area (Å²) in [4.78, 5) is 32.5. The average molecular weight is 491 g/mol. The largest absolute Gasteiger partial charge is 0.416 e. The van der Waals surface area contributed by atoms with E-state index < -0.39 is 11.7 Å². The molecule has 2 aromatic carbocycles. The highest BCUT2D eigenvalue weighted by Gasteiger charge is 2.31. The van der Waals surface area contributed by atoms with Crippen LogP contribution < -0.4 is 10.5 Å². The Morgan fingerprint density at radius 3 is 2.44 bits per heavy atom. The molecule has 34 heavy (non-hydrogen) atoms. The Morgan fingerprint density at radius 2 is 1.79 bits per heavy atom. The van der Waals surface area contributed by atoms with E-state index in [0.717, 1.165) is 12.1 Å². The molecule has 2 heterocycles. The van der Waals surface area contributed by atoms with Crippen molar-refractivity contribution in [3.63, 3.8) is 0 Å². The monoisotopic (exact) mass is 490 g/mol. The van der Waals surface area contributed by atoms with Gasteiger partial charge in [-0.1, -0.05) is 19.9 Å². The first-order chi connectivity index (χ1) is 16.0. The second kappa shape index (κ2) is 9.25. The highest BCUT2D eigenvalue weighted by molar-refractivity contribution is 7.71. The van der Waals surface area contributed by atoms with Crippen molar-refractivity contribution >= 4 is 34.7 Å². The van der Waals surface area contributed by atoms with Crippen LogP contribution in [-0.4, -0.2) is 46.5 Å². The van der Waals surface area contributed by atoms with E-state index in [0.29, 0.717) is 59.6 Å². The number of carbonyl (C=O) groups is 1. The lowest BCUT2D eigenvalue weighted by atomic mass is 10.1. The number of nitrogens with one attached hydrogen (secondary N) is 1. The van der Waals surface area contributed by atoms with Crippen molar-refractivity contribution in [1.29, 1.82) is 0 Å². The molecule has 4 rings (SSSR count). The van der Waals surface area contributed by atoms with Crippen LogP contribution in [0.15, 0.2) is 47.3 Å². The first-order valence-electron chi connectivity index (χ1n) is 11.0. The maximum atomic E-state index is 13.1. The molecule has 0 atom stereocenters. The molecule has 6 nitrogen and oxygen atoms in total. The first kappa shape index (κ1) is 24.0. The van der Waals surface area contributed by atoms with Crippen LogP contribution in [0, 0.1) is 10.7 Å². The number of fused-ring (bicyclic) bond motifs is 1. The zero-order valence-electron chi connectivity index (χ0n) is 18.9. The van der Waals surface area contributed by atoms with Crippen molar-refractivity contribution in [3.05, 3.63) is 68.7 Å². The van der Waals surface area contributed by atoms with Gasteiger partial charge in [-0.25, -0.2) is 0 Å². The summed E-state index contributed by atoms with van der Waals surface area (Å²) in [6.07, 6.45) is -4.40. The molecule has 1 aliphatic rings. The number of carbonyl (C=O) groups excluding carboxylic acids is 1. The second-order valence-electron chi connectivity index (χ2n) is 8.83. The van der Waals surface area contributed by atoms with E-state index >= 15 is 0 Å². The van der Waals surface area contributed by atoms with Crippen molar-refractivity contribution in [2.75, 3.05) is 31.1 Å². The van der Waals surface area contributed by atoms with Gasteiger partial charge in [-0.05, 0) is 54.5 Å². The number of benzene rings is 2. The summed E-state index contributed by atoms with van der Waals surface area (Å²) in [6.45, 7) is 6.09. The molecule has 1 saturated heterocycles. The van der Waals surface area contributed by atoms with Crippen molar-refractivity contribution in [1.82, 2.24) is 14.5 Å². The molecule has 1 aliphatic heterocycles. The summed E-state index contributed by atoms with van der Waals surface area (Å²) in [7, 11) is 0. The van der Waals surface area contributed by atoms with Gasteiger partial charge in [0.05, 0.1) is 16.5 Å². The minimum absolute atomic E-state index is 0.193. The smallest absolute Gasteiger partial charge is 0.368 e. The van der Waals surface area contributed by atoms with Crippen molar-refractivity contribution < 1.29 is 18.0 Å². The third kappa shape index (κ3) is 4.86. The van der Waals surface area contributed by atoms with Gasteiger partial charge in [-0.3, -0.25) is 14.2 Å². The van der Waals surface area contributed by atoms with Gasteiger partial charge in [-0.15, -0.1) is 0 Å². The fourth-order valence-electron chi connectivity index (χ4n) is 4.15. The third-order valence-electron chi connectivity index (χ3n) is 5.88. The number of piperazine rings is 1. The Bertz CT molecular complexity index is 1340. The number of hydrogen-bond donors (Lipinski definition) is 1. The summed E-state index contributed by atoms with van der Waals surface area (Å²) in [5.74, 6) is 0.0528. The van der Waals surface area contributed by atoms with E-state index in [2.05, 4.69) is 4.98 Å². The molecule has 0 radical (unpaired) electrons. The van der Waals surface area contributed by atoms with E-state index in [1.807, 2.05) is 18.7 Å². The van der Waals surface area contributed by atoms with Crippen LogP contribution in [0.2, 0.25) is 0 Å². The Labute approximate surface area is 199 Å². The molecular weight excluding hydrogens is 465 g/mol. The number of amides is 1. The summed E-state index contributed by atoms with van der Waals surface area (Å²) in [5, 5.41) is 0.458. The highest BCUT2D eigenvalue weighted by atomic mass is 32.1. The lowest BCUT2D eigenvalue weighted by Gasteiger charge is -2.36. The number of H-pyrrole nitrogens is 1. The number of hydrogen-bond acceptors (Lipinski definition) is 4. The van der Waals surface area contributed by atoms with Crippen LogP contribution in [-0.2, 0) is 12.7 Å². The summed E-state index contributed by atoms with van der Waals surface area (Å²) >= 11 is 5.35. The molecule has 0 bridgehead atoms. The normalized spacial score (nSPS) is 14.8. The molecule has 0 aliphatic carbocycles. The number of alkyl halides is 3. The predicted molar refractivity (Wildman–Crippen MR) is 128 cm³/mol. The van der Waals surface area contributed by atoms with Crippen molar-refractivity contribution in [2.24, 2.45) is 5.92 Å². The van der Waals surface area contributed by atoms with Gasteiger partial charge in [0.2, 0.25) is 0 Å². The SMILES string of the molecule is CC(C)Cn1c(=S)[nH]c2cc(C(=O)N3CCN(c4cccc(C(F)(F)F)c4)CC3)ccc2c1=O. The maximum absolute atomic E-state index is 13.1. The topological polar surface area (TPSA) is 61.3 Å². The van der Waals surface area contributed by atoms with Crippen LogP contribution in [0.25, 0.3) is 10.9 Å². The first-order valence-corrected chi connectivity index (χ1v) is 11.4. The quantitative estimate of drug-likeness (QED) is 0.539. The van der Waals surface area contributed by atoms with Gasteiger partial charge in [0.25, 0.3) is 11.5 Å². The zero-order chi connectivity index (χ0) is 24.6. The Balaban J connectivity index is 1.50. The van der Waals surface area contributed by atoms with E-state index in [4.69, 9.17) is 12.2 Å². The standard InChI is InChI=1S/C24H25F3N4O2S/c1-15(2)14-31-22(33)19-7-6-16(12-20(19)28-23(31)34)21(32)30-10-8-29(9-11-30)18-5-3-4-17(13-18)24(25,26)27/h3-7,12-13,15H,8-11,14H2,1-2H3,(H,28,34). The number of nitrogens with zero attached hydrogens (tertiary/aromatic N) is 3. The van der Waals surface area contributed by atoms with Crippen LogP contribution in [0.4, 0.5) is 18.9 Å². The van der Waals surface area contributed by atoms with Gasteiger partial charge >= 0.3 is 6.18 Å². The Hall–Kier alpha value is -3.14. The van der Waals surface area contributed by atoms with Crippen molar-refractivity contribution in [2.45, 2.75) is 26.6 Å². The number of anilines is 1. The molecule has 10 heteroatoms. The minimum Gasteiger partial charge on any atom is -0.368 e. The molecule has 0 spiro atoms. The number of aromatic nitrogens is 2. The molecule has 1 aromatic heterocycles. The molecular formula is C24H25F3N4O2S. The van der Waals surface area contributed by atoms with Crippen LogP contribution in [0.5, 0.6) is 0 Å². The summed E-state index contributed by atoms with van der Waals surface area (Å²) in [6, 6.07) is 10.1. The van der Waals surface area contributed by atoms with Gasteiger partial charge in [0, 0.05) is 44.0 Å². The van der Waals surface area contributed by atoms with Crippen LogP contribution in [0.3, 0.4) is 0 Å². The molecule has 1 amide bonds. The average Bonchev–Trinajstić information content (AvgIpc) is 2.80. The lowest BCUT2D eigenvalue weighted by Crippen LogP contribution is -2.48. The molecule has 0 unspecified atom stereocenters. The summed E-state index contributed by atoms with van der Waals surface area (Å²) in [5.41, 5.74) is 0.527. The highest BCUT2D eigenvalue weighted by Crippen LogP contribution is 2.32. The van der Waals surface area contributed by atoms with Gasteiger partial charge < -0.3 is 14.8 Å². The minimum atomic E-state index is -4.40. The number of rotatable bonds is 4. The van der Waals surface area contributed by atoms with E-state index in [9.17, 15) is 22.8 Å². The molecule has 0 saturated carbocycles. The molecule has 1 fully saturated rings. The van der Waals surface area contributed by atoms with Crippen LogP contribution >= 0.6 is 12.2 Å². The van der Waals surface area contributed by atoms with E-state index in [-0.39, 0.29) is 17.4 Å². The number of aromatic amines is 1. The lowest BCUT2D eigenvalue weighted by molar-refractivity contribution is -0.137. The fraction of sp³-hybridized carbons (Fsp3) is 0.375. The molecule has 3 aromatic rings. The maximum Gasteiger partial charge on any atom is 0.416 e. The van der Waals surface area contributed by atoms with E-state index in [1.54, 1.807) is 29.2 Å². The molecule has 180 valence electrons. The third-order valence-corrected chi connectivity index (χ3v) is 6.20. The van der Waals surface area contributed by atoms with E-state index in [1.165, 1.54) is 10.6 Å². The Morgan fingerprint density at radius 1 is 1.09 bits per heavy atom. The summed E-state index contributed by atoms with van der Waals surface area (Å²) < 4.78 is 40.9. The number of halogens is 3. The van der Waals surface area contributed by atoms with Crippen LogP contribution in [0.1, 0.15) is 29.8 Å². The van der Waals surface area contributed by atoms with Gasteiger partial charge in [-0.2, -0.15) is 13.2 Å². The second-order valence-corrected chi connectivity index (χ2v) is 9.21. The Kier molecular flexibility index (Phi) is 6.53. The molecule has 1 N–H and O–H groups in total. The van der Waals surface area contributed by atoms with Crippen molar-refractivity contribution in [3.8, 4) is 0 Å². The van der Waals surface area contributed by atoms with Gasteiger partial charge in [0.1, 0.15) is 0 Å². The fourth-order valence-corrected chi connectivity index (χ4v) is 4.42. The zero-order valence-corrected chi connectivity index (χ0v) is 19.7.